The van der Waals surface area contributed by atoms with Crippen LogP contribution in [0.5, 0.6) is 0 Å². The molecular formula is C25H24N4OS. The second kappa shape index (κ2) is 8.86. The quantitative estimate of drug-likeness (QED) is 0.438. The van der Waals surface area contributed by atoms with E-state index in [1.165, 1.54) is 11.3 Å². The molecule has 0 bridgehead atoms. The summed E-state index contributed by atoms with van der Waals surface area (Å²) < 4.78 is 2.24. The molecule has 0 N–H and O–H groups in total. The van der Waals surface area contributed by atoms with Crippen LogP contribution in [0.4, 0.5) is 0 Å². The summed E-state index contributed by atoms with van der Waals surface area (Å²) in [5.74, 6) is 1.59. The number of likely N-dealkylation sites (tertiary alicyclic amines) is 1. The van der Waals surface area contributed by atoms with Gasteiger partial charge in [0.05, 0.1) is 0 Å². The summed E-state index contributed by atoms with van der Waals surface area (Å²) in [6.07, 6.45) is 5.91. The van der Waals surface area contributed by atoms with Crippen LogP contribution in [-0.2, 0) is 6.54 Å². The van der Waals surface area contributed by atoms with Crippen LogP contribution in [0.1, 0.15) is 23.3 Å². The zero-order chi connectivity index (χ0) is 21.0. The molecule has 5 nitrogen and oxygen atoms in total. The van der Waals surface area contributed by atoms with E-state index in [1.54, 1.807) is 0 Å². The van der Waals surface area contributed by atoms with Gasteiger partial charge in [0.1, 0.15) is 16.5 Å². The van der Waals surface area contributed by atoms with Crippen molar-refractivity contribution in [3.8, 4) is 22.0 Å². The van der Waals surface area contributed by atoms with Gasteiger partial charge in [-0.05, 0) is 18.8 Å². The summed E-state index contributed by atoms with van der Waals surface area (Å²) >= 11 is 1.53. The van der Waals surface area contributed by atoms with Gasteiger partial charge in [0.25, 0.3) is 5.91 Å². The predicted molar refractivity (Wildman–Crippen MR) is 124 cm³/mol. The fourth-order valence-corrected chi connectivity index (χ4v) is 4.95. The number of benzene rings is 2. The van der Waals surface area contributed by atoms with E-state index < -0.39 is 0 Å². The van der Waals surface area contributed by atoms with Gasteiger partial charge in [-0.15, -0.1) is 11.3 Å². The van der Waals surface area contributed by atoms with Crippen molar-refractivity contribution >= 4 is 17.2 Å². The van der Waals surface area contributed by atoms with Gasteiger partial charge in [-0.3, -0.25) is 4.79 Å². The third-order valence-electron chi connectivity index (χ3n) is 5.85. The molecule has 0 unspecified atom stereocenters. The van der Waals surface area contributed by atoms with Gasteiger partial charge in [-0.25, -0.2) is 9.97 Å². The van der Waals surface area contributed by atoms with Gasteiger partial charge in [-0.2, -0.15) is 0 Å². The molecular weight excluding hydrogens is 404 g/mol. The Morgan fingerprint density at radius 3 is 2.35 bits per heavy atom. The Balaban J connectivity index is 1.20. The van der Waals surface area contributed by atoms with Crippen molar-refractivity contribution in [1.29, 1.82) is 0 Å². The van der Waals surface area contributed by atoms with Gasteiger partial charge in [-0.1, -0.05) is 60.7 Å². The Kier molecular flexibility index (Phi) is 5.63. The van der Waals surface area contributed by atoms with E-state index in [2.05, 4.69) is 32.9 Å². The smallest absolute Gasteiger partial charge is 0.273 e. The minimum absolute atomic E-state index is 0.0458. The number of amides is 1. The lowest BCUT2D eigenvalue weighted by atomic mass is 9.96. The maximum absolute atomic E-state index is 13.0. The van der Waals surface area contributed by atoms with Crippen molar-refractivity contribution in [2.24, 2.45) is 5.92 Å². The second-order valence-corrected chi connectivity index (χ2v) is 8.77. The zero-order valence-corrected chi connectivity index (χ0v) is 18.0. The van der Waals surface area contributed by atoms with Gasteiger partial charge in [0.2, 0.25) is 0 Å². The van der Waals surface area contributed by atoms with E-state index in [9.17, 15) is 4.79 Å². The lowest BCUT2D eigenvalue weighted by Crippen LogP contribution is -2.39. The van der Waals surface area contributed by atoms with Gasteiger partial charge in [0.15, 0.2) is 0 Å². The standard InChI is InChI=1S/C25H24N4OS/c30-25(22-18-31-24(27-22)21-9-5-2-6-10-21)28-14-11-19(12-15-28)17-29-16-13-26-23(29)20-7-3-1-4-8-20/h1-10,13,16,18-19H,11-12,14-15,17H2. The summed E-state index contributed by atoms with van der Waals surface area (Å²) in [4.78, 5) is 24.1. The Hall–Kier alpha value is -3.25. The van der Waals surface area contributed by atoms with Crippen LogP contribution in [0.15, 0.2) is 78.4 Å². The van der Waals surface area contributed by atoms with Crippen molar-refractivity contribution in [3.05, 3.63) is 84.1 Å². The van der Waals surface area contributed by atoms with Crippen LogP contribution in [0.2, 0.25) is 0 Å². The molecule has 2 aromatic carbocycles. The Morgan fingerprint density at radius 2 is 1.65 bits per heavy atom. The molecule has 1 aliphatic rings. The number of carbonyl (C=O) groups excluding carboxylic acids is 1. The molecule has 3 heterocycles. The van der Waals surface area contributed by atoms with Crippen molar-refractivity contribution in [3.63, 3.8) is 0 Å². The van der Waals surface area contributed by atoms with Crippen LogP contribution in [-0.4, -0.2) is 38.4 Å². The second-order valence-electron chi connectivity index (χ2n) is 7.91. The third-order valence-corrected chi connectivity index (χ3v) is 6.74. The average molecular weight is 429 g/mol. The minimum atomic E-state index is 0.0458. The first-order chi connectivity index (χ1) is 15.3. The molecule has 0 saturated carbocycles. The zero-order valence-electron chi connectivity index (χ0n) is 17.2. The summed E-state index contributed by atoms with van der Waals surface area (Å²) in [5, 5.41) is 2.78. The summed E-state index contributed by atoms with van der Waals surface area (Å²) in [5.41, 5.74) is 2.75. The predicted octanol–water partition coefficient (Wildman–Crippen LogP) is 5.23. The molecule has 0 radical (unpaired) electrons. The molecule has 5 rings (SSSR count). The average Bonchev–Trinajstić information content (AvgIpc) is 3.50. The van der Waals surface area contributed by atoms with Crippen LogP contribution < -0.4 is 0 Å². The van der Waals surface area contributed by atoms with Crippen LogP contribution in [0.3, 0.4) is 0 Å². The number of hydrogen-bond acceptors (Lipinski definition) is 4. The fourth-order valence-electron chi connectivity index (χ4n) is 4.15. The highest BCUT2D eigenvalue weighted by Gasteiger charge is 2.26. The molecule has 0 spiro atoms. The molecule has 156 valence electrons. The lowest BCUT2D eigenvalue weighted by molar-refractivity contribution is 0.0678. The van der Waals surface area contributed by atoms with Crippen molar-refractivity contribution in [1.82, 2.24) is 19.4 Å². The summed E-state index contributed by atoms with van der Waals surface area (Å²) in [6, 6.07) is 20.3. The van der Waals surface area contributed by atoms with E-state index >= 15 is 0 Å². The van der Waals surface area contributed by atoms with E-state index in [0.717, 1.165) is 54.4 Å². The highest BCUT2D eigenvalue weighted by Crippen LogP contribution is 2.27. The monoisotopic (exact) mass is 428 g/mol. The number of aromatic nitrogens is 3. The summed E-state index contributed by atoms with van der Waals surface area (Å²) in [7, 11) is 0. The molecule has 1 aliphatic heterocycles. The van der Waals surface area contributed by atoms with Gasteiger partial charge >= 0.3 is 0 Å². The maximum Gasteiger partial charge on any atom is 0.273 e. The third kappa shape index (κ3) is 4.30. The topological polar surface area (TPSA) is 51.0 Å². The molecule has 0 aliphatic carbocycles. The Bertz CT molecular complexity index is 1140. The minimum Gasteiger partial charge on any atom is -0.337 e. The largest absolute Gasteiger partial charge is 0.337 e. The molecule has 2 aromatic heterocycles. The highest BCUT2D eigenvalue weighted by atomic mass is 32.1. The number of imidazole rings is 1. The molecule has 4 aromatic rings. The molecule has 6 heteroatoms. The number of piperidine rings is 1. The first kappa shape index (κ1) is 19.7. The van der Waals surface area contributed by atoms with Crippen molar-refractivity contribution in [2.45, 2.75) is 19.4 Å². The number of carbonyl (C=O) groups is 1. The molecule has 1 amide bonds. The van der Waals surface area contributed by atoms with Crippen molar-refractivity contribution in [2.75, 3.05) is 13.1 Å². The molecule has 31 heavy (non-hydrogen) atoms. The van der Waals surface area contributed by atoms with Crippen LogP contribution in [0, 0.1) is 5.92 Å². The Morgan fingerprint density at radius 1 is 0.968 bits per heavy atom. The number of nitrogens with zero attached hydrogens (tertiary/aromatic N) is 4. The normalized spacial score (nSPS) is 14.6. The van der Waals surface area contributed by atoms with Crippen LogP contribution >= 0.6 is 11.3 Å². The fraction of sp³-hybridized carbons (Fsp3) is 0.240. The Labute approximate surface area is 186 Å². The van der Waals surface area contributed by atoms with Gasteiger partial charge < -0.3 is 9.47 Å². The van der Waals surface area contributed by atoms with E-state index in [0.29, 0.717) is 11.6 Å². The van der Waals surface area contributed by atoms with Crippen molar-refractivity contribution < 1.29 is 4.79 Å². The van der Waals surface area contributed by atoms with Crippen LogP contribution in [0.25, 0.3) is 22.0 Å². The highest BCUT2D eigenvalue weighted by molar-refractivity contribution is 7.13. The van der Waals surface area contributed by atoms with Gasteiger partial charge in [0, 0.05) is 48.5 Å². The first-order valence-corrected chi connectivity index (χ1v) is 11.5. The molecule has 1 fully saturated rings. The van der Waals surface area contributed by atoms with E-state index in [4.69, 9.17) is 0 Å². The number of thiazole rings is 1. The maximum atomic E-state index is 13.0. The number of hydrogen-bond donors (Lipinski definition) is 0. The summed E-state index contributed by atoms with van der Waals surface area (Å²) in [6.45, 7) is 2.48. The molecule has 0 atom stereocenters. The SMILES string of the molecule is O=C(c1csc(-c2ccccc2)n1)N1CCC(Cn2ccnc2-c2ccccc2)CC1. The molecule has 1 saturated heterocycles. The number of rotatable bonds is 5. The van der Waals surface area contributed by atoms with E-state index in [1.807, 2.05) is 65.0 Å². The first-order valence-electron chi connectivity index (χ1n) is 10.6. The lowest BCUT2D eigenvalue weighted by Gasteiger charge is -2.32. The van der Waals surface area contributed by atoms with E-state index in [-0.39, 0.29) is 5.91 Å².